The van der Waals surface area contributed by atoms with E-state index < -0.39 is 0 Å². The number of rotatable bonds is 5. The monoisotopic (exact) mass is 330 g/mol. The van der Waals surface area contributed by atoms with Gasteiger partial charge >= 0.3 is 0 Å². The molecule has 0 spiro atoms. The second-order valence-electron chi connectivity index (χ2n) is 5.48. The van der Waals surface area contributed by atoms with Crippen molar-refractivity contribution in [1.29, 1.82) is 5.26 Å². The lowest BCUT2D eigenvalue weighted by Gasteiger charge is -2.32. The average molecular weight is 330 g/mol. The van der Waals surface area contributed by atoms with Gasteiger partial charge in [0.05, 0.1) is 14.2 Å². The van der Waals surface area contributed by atoms with E-state index in [1.54, 1.807) is 37.3 Å². The first-order valence-corrected chi connectivity index (χ1v) is 7.65. The highest BCUT2D eigenvalue weighted by Gasteiger charge is 2.22. The number of methoxy groups -OCH3 is 2. The number of hydrogen-bond acceptors (Lipinski definition) is 6. The van der Waals surface area contributed by atoms with E-state index in [1.807, 2.05) is 13.1 Å². The molecule has 0 radical (unpaired) electrons. The van der Waals surface area contributed by atoms with E-state index >= 15 is 0 Å². The standard InChI is InChI=1S/C17H22N4O3/c1-20-6-8-21(9-7-20)17(22)13(11-18)12-19-14-4-5-15(23-2)16(10-14)24-3/h4-5,10,12,19H,6-9H2,1-3H3/b13-12-. The van der Waals surface area contributed by atoms with Crippen LogP contribution in [0, 0.1) is 11.3 Å². The predicted octanol–water partition coefficient (Wildman–Crippen LogP) is 1.30. The fourth-order valence-corrected chi connectivity index (χ4v) is 2.40. The smallest absolute Gasteiger partial charge is 0.266 e. The molecule has 1 aromatic rings. The first-order chi connectivity index (χ1) is 11.6. The van der Waals surface area contributed by atoms with Crippen LogP contribution < -0.4 is 14.8 Å². The lowest BCUT2D eigenvalue weighted by molar-refractivity contribution is -0.128. The largest absolute Gasteiger partial charge is 0.493 e. The Morgan fingerprint density at radius 3 is 2.46 bits per heavy atom. The van der Waals surface area contributed by atoms with E-state index in [9.17, 15) is 10.1 Å². The SMILES string of the molecule is COc1ccc(N/C=C(/C#N)C(=O)N2CCN(C)CC2)cc1OC. The van der Waals surface area contributed by atoms with Crippen LogP contribution in [0.2, 0.25) is 0 Å². The molecule has 1 N–H and O–H groups in total. The third kappa shape index (κ3) is 4.18. The van der Waals surface area contributed by atoms with Crippen molar-refractivity contribution in [1.82, 2.24) is 9.80 Å². The number of nitriles is 1. The fourth-order valence-electron chi connectivity index (χ4n) is 2.40. The summed E-state index contributed by atoms with van der Waals surface area (Å²) in [5, 5.41) is 12.3. The number of nitrogens with zero attached hydrogens (tertiary/aromatic N) is 3. The molecule has 0 aliphatic carbocycles. The predicted molar refractivity (Wildman–Crippen MR) is 90.9 cm³/mol. The molecule has 1 aliphatic heterocycles. The van der Waals surface area contributed by atoms with Crippen LogP contribution in [0.25, 0.3) is 0 Å². The Labute approximate surface area is 142 Å². The second kappa shape index (κ2) is 8.22. The molecule has 7 heteroatoms. The zero-order chi connectivity index (χ0) is 17.5. The molecule has 0 aromatic heterocycles. The van der Waals surface area contributed by atoms with Gasteiger partial charge in [-0.3, -0.25) is 4.79 Å². The van der Waals surface area contributed by atoms with Crippen molar-refractivity contribution in [2.75, 3.05) is 52.8 Å². The van der Waals surface area contributed by atoms with Gasteiger partial charge in [0.2, 0.25) is 0 Å². The van der Waals surface area contributed by atoms with Crippen LogP contribution in [-0.4, -0.2) is 63.2 Å². The van der Waals surface area contributed by atoms with Crippen molar-refractivity contribution in [2.24, 2.45) is 0 Å². The molecule has 1 aromatic carbocycles. The quantitative estimate of drug-likeness (QED) is 0.648. The van der Waals surface area contributed by atoms with Crippen LogP contribution in [0.1, 0.15) is 0 Å². The Morgan fingerprint density at radius 2 is 1.88 bits per heavy atom. The van der Waals surface area contributed by atoms with Gasteiger partial charge in [-0.25, -0.2) is 0 Å². The summed E-state index contributed by atoms with van der Waals surface area (Å²) in [4.78, 5) is 16.3. The number of anilines is 1. The number of amides is 1. The molecule has 1 saturated heterocycles. The summed E-state index contributed by atoms with van der Waals surface area (Å²) < 4.78 is 10.4. The Morgan fingerprint density at radius 1 is 1.21 bits per heavy atom. The first-order valence-electron chi connectivity index (χ1n) is 7.65. The number of benzene rings is 1. The maximum Gasteiger partial charge on any atom is 0.266 e. The number of ether oxygens (including phenoxy) is 2. The van der Waals surface area contributed by atoms with Crippen molar-refractivity contribution in [3.8, 4) is 17.6 Å². The van der Waals surface area contributed by atoms with Gasteiger partial charge in [-0.05, 0) is 19.2 Å². The fraction of sp³-hybridized carbons (Fsp3) is 0.412. The molecule has 0 saturated carbocycles. The van der Waals surface area contributed by atoms with E-state index in [-0.39, 0.29) is 11.5 Å². The molecule has 1 amide bonds. The molecule has 0 unspecified atom stereocenters. The topological polar surface area (TPSA) is 77.8 Å². The van der Waals surface area contributed by atoms with Gasteiger partial charge < -0.3 is 24.6 Å². The zero-order valence-corrected chi connectivity index (χ0v) is 14.2. The Bertz CT molecular complexity index is 658. The molecule has 2 rings (SSSR count). The molecule has 0 bridgehead atoms. The van der Waals surface area contributed by atoms with Crippen LogP contribution in [-0.2, 0) is 4.79 Å². The number of piperazine rings is 1. The Kier molecular flexibility index (Phi) is 6.04. The molecule has 0 atom stereocenters. The zero-order valence-electron chi connectivity index (χ0n) is 14.2. The van der Waals surface area contributed by atoms with E-state index in [0.29, 0.717) is 30.3 Å². The van der Waals surface area contributed by atoms with Gasteiger partial charge in [0.15, 0.2) is 11.5 Å². The third-order valence-electron chi connectivity index (χ3n) is 3.91. The lowest BCUT2D eigenvalue weighted by atomic mass is 10.2. The van der Waals surface area contributed by atoms with Gasteiger partial charge in [-0.15, -0.1) is 0 Å². The molecule has 7 nitrogen and oxygen atoms in total. The molecule has 128 valence electrons. The summed E-state index contributed by atoms with van der Waals surface area (Å²) in [6, 6.07) is 7.25. The number of carbonyl (C=O) groups is 1. The lowest BCUT2D eigenvalue weighted by Crippen LogP contribution is -2.47. The Hall–Kier alpha value is -2.72. The van der Waals surface area contributed by atoms with Crippen molar-refractivity contribution in [3.05, 3.63) is 30.0 Å². The van der Waals surface area contributed by atoms with Crippen LogP contribution in [0.3, 0.4) is 0 Å². The second-order valence-corrected chi connectivity index (χ2v) is 5.48. The molecule has 1 aliphatic rings. The van der Waals surface area contributed by atoms with Crippen LogP contribution in [0.4, 0.5) is 5.69 Å². The highest BCUT2D eigenvalue weighted by molar-refractivity contribution is 5.97. The Balaban J connectivity index is 2.08. The molecular weight excluding hydrogens is 308 g/mol. The molecule has 24 heavy (non-hydrogen) atoms. The highest BCUT2D eigenvalue weighted by Crippen LogP contribution is 2.29. The average Bonchev–Trinajstić information content (AvgIpc) is 2.62. The summed E-state index contributed by atoms with van der Waals surface area (Å²) in [6.45, 7) is 2.89. The van der Waals surface area contributed by atoms with Crippen molar-refractivity contribution in [3.63, 3.8) is 0 Å². The summed E-state index contributed by atoms with van der Waals surface area (Å²) in [5.41, 5.74) is 0.779. The first kappa shape index (κ1) is 17.6. The van der Waals surface area contributed by atoms with E-state index in [2.05, 4.69) is 10.2 Å². The van der Waals surface area contributed by atoms with Crippen molar-refractivity contribution in [2.45, 2.75) is 0 Å². The van der Waals surface area contributed by atoms with Crippen molar-refractivity contribution < 1.29 is 14.3 Å². The number of hydrogen-bond donors (Lipinski definition) is 1. The maximum absolute atomic E-state index is 12.4. The summed E-state index contributed by atoms with van der Waals surface area (Å²) in [7, 11) is 5.13. The highest BCUT2D eigenvalue weighted by atomic mass is 16.5. The molecular formula is C17H22N4O3. The number of carbonyl (C=O) groups excluding carboxylic acids is 1. The molecule has 1 heterocycles. The van der Waals surface area contributed by atoms with Gasteiger partial charge in [-0.2, -0.15) is 5.26 Å². The van der Waals surface area contributed by atoms with Crippen LogP contribution in [0.15, 0.2) is 30.0 Å². The third-order valence-corrected chi connectivity index (χ3v) is 3.91. The minimum Gasteiger partial charge on any atom is -0.493 e. The summed E-state index contributed by atoms with van der Waals surface area (Å²) in [5.74, 6) is 0.930. The maximum atomic E-state index is 12.4. The van der Waals surface area contributed by atoms with Crippen LogP contribution in [0.5, 0.6) is 11.5 Å². The van der Waals surface area contributed by atoms with Gasteiger partial charge in [0.1, 0.15) is 11.6 Å². The summed E-state index contributed by atoms with van der Waals surface area (Å²) >= 11 is 0. The van der Waals surface area contributed by atoms with Crippen LogP contribution >= 0.6 is 0 Å². The minimum atomic E-state index is -0.251. The number of likely N-dealkylation sites (N-methyl/N-ethyl adjacent to an activating group) is 1. The number of nitrogens with one attached hydrogen (secondary N) is 1. The van der Waals surface area contributed by atoms with Gasteiger partial charge in [-0.1, -0.05) is 0 Å². The molecule has 1 fully saturated rings. The van der Waals surface area contributed by atoms with E-state index in [4.69, 9.17) is 9.47 Å². The van der Waals surface area contributed by atoms with E-state index in [1.165, 1.54) is 6.20 Å². The normalized spacial score (nSPS) is 15.6. The minimum absolute atomic E-state index is 0.0781. The summed E-state index contributed by atoms with van der Waals surface area (Å²) in [6.07, 6.45) is 1.43. The van der Waals surface area contributed by atoms with Crippen molar-refractivity contribution >= 4 is 11.6 Å². The van der Waals surface area contributed by atoms with Gasteiger partial charge in [0, 0.05) is 44.1 Å². The van der Waals surface area contributed by atoms with Gasteiger partial charge in [0.25, 0.3) is 5.91 Å². The van der Waals surface area contributed by atoms with E-state index in [0.717, 1.165) is 13.1 Å².